The number of thioether (sulfide) groups is 1. The highest BCUT2D eigenvalue weighted by Crippen LogP contribution is 2.54. The van der Waals surface area contributed by atoms with E-state index in [1.165, 1.54) is 0 Å². The van der Waals surface area contributed by atoms with E-state index in [0.717, 1.165) is 62.3 Å². The molecule has 3 saturated heterocycles. The van der Waals surface area contributed by atoms with Crippen LogP contribution in [0.3, 0.4) is 0 Å². The van der Waals surface area contributed by atoms with E-state index in [2.05, 4.69) is 52.0 Å². The second-order valence-corrected chi connectivity index (χ2v) is 15.7. The smallest absolute Gasteiger partial charge is 0.307 e. The number of rotatable bonds is 10. The lowest BCUT2D eigenvalue weighted by molar-refractivity contribution is -0.141. The number of aliphatic hydroxyl groups is 1. The maximum atomic E-state index is 11.5. The van der Waals surface area contributed by atoms with Gasteiger partial charge in [-0.3, -0.25) is 19.5 Å². The molecule has 0 bridgehead atoms. The molecule has 4 heterocycles. The van der Waals surface area contributed by atoms with Crippen LogP contribution in [0.5, 0.6) is 0 Å². The topological polar surface area (TPSA) is 117 Å². The number of likely N-dealkylation sites (tertiary alicyclic amines) is 3. The van der Waals surface area contributed by atoms with E-state index in [4.69, 9.17) is 21.0 Å². The lowest BCUT2D eigenvalue weighted by Gasteiger charge is -2.49. The van der Waals surface area contributed by atoms with Crippen LogP contribution in [0.25, 0.3) is 16.7 Å². The van der Waals surface area contributed by atoms with Crippen molar-refractivity contribution in [2.75, 3.05) is 52.4 Å². The number of aliphatic hydroxyl groups excluding tert-OH is 1. The number of β-amino-alcohol motifs (C(OH)–C–C–N with tert-alkyl or cyclic N) is 1. The van der Waals surface area contributed by atoms with Gasteiger partial charge in [-0.1, -0.05) is 55.0 Å². The van der Waals surface area contributed by atoms with Crippen molar-refractivity contribution >= 4 is 46.0 Å². The maximum Gasteiger partial charge on any atom is 0.307 e. The van der Waals surface area contributed by atoms with Gasteiger partial charge in [0.05, 0.1) is 18.1 Å². The molecule has 252 valence electrons. The molecule has 11 heteroatoms. The van der Waals surface area contributed by atoms with E-state index in [9.17, 15) is 20.3 Å². The van der Waals surface area contributed by atoms with Crippen molar-refractivity contribution in [3.05, 3.63) is 82.2 Å². The second kappa shape index (κ2) is 14.0. The van der Waals surface area contributed by atoms with Crippen LogP contribution in [-0.2, 0) is 16.1 Å². The van der Waals surface area contributed by atoms with Crippen LogP contribution in [0.4, 0.5) is 0 Å². The zero-order chi connectivity index (χ0) is 33.4. The molecule has 3 unspecified atom stereocenters. The lowest BCUT2D eigenvalue weighted by Crippen LogP contribution is -2.61. The maximum absolute atomic E-state index is 11.5. The Bertz CT molecular complexity index is 1780. The predicted octanol–water partition coefficient (Wildman–Crippen LogP) is 5.62. The number of fused-ring (bicyclic) bond motifs is 1. The third kappa shape index (κ3) is 6.45. The van der Waals surface area contributed by atoms with Gasteiger partial charge in [0, 0.05) is 61.5 Å². The Labute approximate surface area is 290 Å². The van der Waals surface area contributed by atoms with Crippen molar-refractivity contribution in [3.8, 4) is 6.07 Å². The van der Waals surface area contributed by atoms with Crippen molar-refractivity contribution in [2.24, 2.45) is 11.8 Å². The molecule has 3 aromatic rings. The van der Waals surface area contributed by atoms with Crippen LogP contribution in [0.2, 0.25) is 5.02 Å². The number of oxazole rings is 1. The molecule has 0 amide bonds. The second-order valence-electron chi connectivity index (χ2n) is 13.7. The number of hydrogen-bond acceptors (Lipinski definition) is 9. The Morgan fingerprint density at radius 2 is 2.00 bits per heavy atom. The van der Waals surface area contributed by atoms with Crippen molar-refractivity contribution in [1.82, 2.24) is 19.7 Å². The van der Waals surface area contributed by atoms with E-state index < -0.39 is 10.7 Å². The number of carbonyl (C=O) groups is 1. The van der Waals surface area contributed by atoms with Crippen LogP contribution < -0.4 is 0 Å². The van der Waals surface area contributed by atoms with E-state index in [1.807, 2.05) is 42.1 Å². The molecular weight excluding hydrogens is 646 g/mol. The molecule has 4 aliphatic rings. The largest absolute Gasteiger partial charge is 0.481 e. The Kier molecular flexibility index (Phi) is 9.71. The summed E-state index contributed by atoms with van der Waals surface area (Å²) >= 11 is 8.69. The van der Waals surface area contributed by atoms with Crippen LogP contribution in [0.15, 0.2) is 59.0 Å². The minimum atomic E-state index is -0.757. The van der Waals surface area contributed by atoms with Gasteiger partial charge < -0.3 is 14.6 Å². The average molecular weight is 688 g/mol. The molecule has 48 heavy (non-hydrogen) atoms. The lowest BCUT2D eigenvalue weighted by atomic mass is 9.79. The molecule has 2 N–H and O–H groups in total. The van der Waals surface area contributed by atoms with Crippen molar-refractivity contribution in [3.63, 3.8) is 0 Å². The molecule has 1 aliphatic carbocycles. The fourth-order valence-electron chi connectivity index (χ4n) is 7.92. The molecular formula is C37H42ClN5O4S. The molecule has 9 nitrogen and oxygen atoms in total. The molecule has 2 aromatic carbocycles. The normalized spacial score (nSPS) is 27.2. The number of carboxylic acids is 1. The molecule has 0 saturated carbocycles. The quantitative estimate of drug-likeness (QED) is 0.278. The number of carboxylic acid groups (broad SMARTS) is 1. The summed E-state index contributed by atoms with van der Waals surface area (Å²) in [5.74, 6) is -0.576. The van der Waals surface area contributed by atoms with Gasteiger partial charge in [0.25, 0.3) is 0 Å². The number of nitriles is 1. The number of benzene rings is 2. The van der Waals surface area contributed by atoms with E-state index in [-0.39, 0.29) is 18.4 Å². The van der Waals surface area contributed by atoms with Crippen molar-refractivity contribution < 1.29 is 19.4 Å². The van der Waals surface area contributed by atoms with Gasteiger partial charge in [-0.15, -0.1) is 11.8 Å². The van der Waals surface area contributed by atoms with E-state index in [1.54, 1.807) is 0 Å². The van der Waals surface area contributed by atoms with E-state index in [0.29, 0.717) is 64.9 Å². The third-order valence-electron chi connectivity index (χ3n) is 10.6. The fourth-order valence-corrected chi connectivity index (χ4v) is 9.94. The first-order chi connectivity index (χ1) is 23.3. The summed E-state index contributed by atoms with van der Waals surface area (Å²) in [4.78, 5) is 23.8. The van der Waals surface area contributed by atoms with E-state index >= 15 is 0 Å². The molecule has 1 aromatic heterocycles. The van der Waals surface area contributed by atoms with Crippen molar-refractivity contribution in [2.45, 2.75) is 48.8 Å². The number of aromatic nitrogens is 1. The van der Waals surface area contributed by atoms with Gasteiger partial charge >= 0.3 is 5.97 Å². The van der Waals surface area contributed by atoms with Crippen molar-refractivity contribution in [1.29, 1.82) is 5.26 Å². The number of aliphatic carboxylic acids is 1. The van der Waals surface area contributed by atoms with Gasteiger partial charge in [0.1, 0.15) is 16.3 Å². The molecule has 4 atom stereocenters. The highest BCUT2D eigenvalue weighted by atomic mass is 35.5. The predicted molar refractivity (Wildman–Crippen MR) is 189 cm³/mol. The summed E-state index contributed by atoms with van der Waals surface area (Å²) in [5, 5.41) is 30.1. The molecule has 7 rings (SSSR count). The van der Waals surface area contributed by atoms with Gasteiger partial charge in [-0.25, -0.2) is 4.98 Å². The molecule has 0 spiro atoms. The fraction of sp³-hybridized carbons (Fsp3) is 0.486. The average Bonchev–Trinajstić information content (AvgIpc) is 3.72. The van der Waals surface area contributed by atoms with Gasteiger partial charge in [-0.05, 0) is 67.3 Å². The SMILES string of the molecule is CC1C(c2ccccc2Cl)=CC=CC1(SC1CCCN(C2CN(CCO)C2)C1)c1nc2cc(CN3CC[C@@H](C(=O)O)C3)cc(C#N)c2o1. The Balaban J connectivity index is 1.22. The minimum absolute atomic E-state index is 0.0397. The number of piperidine rings is 1. The first-order valence-electron chi connectivity index (χ1n) is 17.0. The number of hydrogen-bond donors (Lipinski definition) is 2. The summed E-state index contributed by atoms with van der Waals surface area (Å²) in [7, 11) is 0. The summed E-state index contributed by atoms with van der Waals surface area (Å²) in [6, 6.07) is 14.7. The van der Waals surface area contributed by atoms with Crippen LogP contribution in [0.1, 0.15) is 48.8 Å². The molecule has 3 aliphatic heterocycles. The summed E-state index contributed by atoms with van der Waals surface area (Å²) < 4.78 is 6.04. The first-order valence-corrected chi connectivity index (χ1v) is 18.2. The molecule has 0 radical (unpaired) electrons. The highest BCUT2D eigenvalue weighted by molar-refractivity contribution is 8.01. The Morgan fingerprint density at radius 3 is 2.75 bits per heavy atom. The number of halogens is 1. The van der Waals surface area contributed by atoms with Gasteiger partial charge in [0.15, 0.2) is 5.58 Å². The molecule has 3 fully saturated rings. The minimum Gasteiger partial charge on any atom is -0.481 e. The van der Waals surface area contributed by atoms with Gasteiger partial charge in [-0.2, -0.15) is 5.26 Å². The summed E-state index contributed by atoms with van der Waals surface area (Å²) in [6.45, 7) is 8.96. The highest BCUT2D eigenvalue weighted by Gasteiger charge is 2.47. The number of nitrogens with zero attached hydrogens (tertiary/aromatic N) is 5. The summed E-state index contributed by atoms with van der Waals surface area (Å²) in [5.41, 5.74) is 4.60. The standard InChI is InChI=1S/C37H42ClN5O4S/c1-24-30(31-7-2-3-9-32(31)38)8-4-11-37(24,48-29-6-5-12-43(23-29)28-21-42(22-28)14-15-44)36-40-33-17-25(16-27(18-39)34(33)47-36)19-41-13-10-26(20-41)35(45)46/h2-4,7-9,11,16-17,24,26,28-29,44H,5-6,10,12-15,19-23H2,1H3,(H,45,46)/t24?,26-,29?,37?/m1/s1. The Hall–Kier alpha value is -3.17. The Morgan fingerprint density at radius 1 is 1.17 bits per heavy atom. The van der Waals surface area contributed by atoms with Crippen LogP contribution >= 0.6 is 23.4 Å². The van der Waals surface area contributed by atoms with Crippen LogP contribution in [-0.4, -0.2) is 99.6 Å². The van der Waals surface area contributed by atoms with Crippen LogP contribution in [0, 0.1) is 23.2 Å². The zero-order valence-corrected chi connectivity index (χ0v) is 28.8. The third-order valence-corrected chi connectivity index (χ3v) is 12.7. The first kappa shape index (κ1) is 33.3. The van der Waals surface area contributed by atoms with Gasteiger partial charge in [0.2, 0.25) is 5.89 Å². The zero-order valence-electron chi connectivity index (χ0n) is 27.2. The number of allylic oxidation sites excluding steroid dienone is 3. The summed E-state index contributed by atoms with van der Waals surface area (Å²) in [6.07, 6.45) is 9.30. The monoisotopic (exact) mass is 687 g/mol.